The number of hydrogen-bond donors (Lipinski definition) is 1. The van der Waals surface area contributed by atoms with Gasteiger partial charge in [-0.25, -0.2) is 0 Å². The van der Waals surface area contributed by atoms with Crippen molar-refractivity contribution in [2.45, 2.75) is 60.4 Å². The monoisotopic (exact) mass is 289 g/mol. The number of allylic oxidation sites excluding steroid dienone is 5. The van der Waals surface area contributed by atoms with Crippen molar-refractivity contribution in [2.24, 2.45) is 23.5 Å². The molecular formula is C20H35N. The van der Waals surface area contributed by atoms with E-state index in [2.05, 4.69) is 60.8 Å². The number of nitrogens with two attached hydrogens (primary N) is 1. The summed E-state index contributed by atoms with van der Waals surface area (Å²) >= 11 is 0. The highest BCUT2D eigenvalue weighted by molar-refractivity contribution is 5.31. The van der Waals surface area contributed by atoms with Gasteiger partial charge in [-0.3, -0.25) is 0 Å². The van der Waals surface area contributed by atoms with Crippen LogP contribution in [0, 0.1) is 17.8 Å². The molecule has 0 aliphatic rings. The van der Waals surface area contributed by atoms with E-state index in [1.807, 2.05) is 12.2 Å². The Bertz CT molecular complexity index is 396. The van der Waals surface area contributed by atoms with Crippen molar-refractivity contribution in [3.8, 4) is 0 Å². The lowest BCUT2D eigenvalue weighted by Crippen LogP contribution is -2.25. The molecule has 0 aromatic carbocycles. The lowest BCUT2D eigenvalue weighted by Gasteiger charge is -2.20. The van der Waals surface area contributed by atoms with Crippen molar-refractivity contribution in [2.75, 3.05) is 0 Å². The predicted octanol–water partition coefficient (Wildman–Crippen LogP) is 5.66. The van der Waals surface area contributed by atoms with Crippen LogP contribution < -0.4 is 5.73 Å². The smallest absolute Gasteiger partial charge is 0.00734 e. The average molecular weight is 290 g/mol. The minimum Gasteiger partial charge on any atom is -0.327 e. The van der Waals surface area contributed by atoms with Gasteiger partial charge in [-0.1, -0.05) is 50.1 Å². The minimum absolute atomic E-state index is 0.163. The van der Waals surface area contributed by atoms with Crippen LogP contribution in [0.15, 0.2) is 48.1 Å². The van der Waals surface area contributed by atoms with Crippen LogP contribution in [0.25, 0.3) is 0 Å². The van der Waals surface area contributed by atoms with Gasteiger partial charge in [0.05, 0.1) is 0 Å². The van der Waals surface area contributed by atoms with E-state index in [9.17, 15) is 0 Å². The van der Waals surface area contributed by atoms with Gasteiger partial charge < -0.3 is 5.73 Å². The van der Waals surface area contributed by atoms with Gasteiger partial charge >= 0.3 is 0 Å². The summed E-state index contributed by atoms with van der Waals surface area (Å²) < 4.78 is 0. The summed E-state index contributed by atoms with van der Waals surface area (Å²) in [6.07, 6.45) is 8.48. The predicted molar refractivity (Wildman–Crippen MR) is 97.2 cm³/mol. The Labute approximate surface area is 132 Å². The molecule has 21 heavy (non-hydrogen) atoms. The molecule has 0 saturated carbocycles. The molecule has 0 spiro atoms. The first kappa shape index (κ1) is 19.9. The van der Waals surface area contributed by atoms with Crippen LogP contribution in [0.5, 0.6) is 0 Å². The third kappa shape index (κ3) is 6.95. The summed E-state index contributed by atoms with van der Waals surface area (Å²) in [6.45, 7) is 21.0. The van der Waals surface area contributed by atoms with Crippen molar-refractivity contribution in [3.63, 3.8) is 0 Å². The highest BCUT2D eigenvalue weighted by atomic mass is 14.6. The maximum Gasteiger partial charge on any atom is 0.00734 e. The van der Waals surface area contributed by atoms with Crippen LogP contribution in [0.3, 0.4) is 0 Å². The zero-order chi connectivity index (χ0) is 16.6. The quantitative estimate of drug-likeness (QED) is 0.430. The van der Waals surface area contributed by atoms with Gasteiger partial charge in [0, 0.05) is 6.04 Å². The van der Waals surface area contributed by atoms with E-state index in [1.165, 1.54) is 16.7 Å². The fourth-order valence-electron chi connectivity index (χ4n) is 2.21. The van der Waals surface area contributed by atoms with E-state index in [0.29, 0.717) is 17.8 Å². The fraction of sp³-hybridized carbons (Fsp3) is 0.600. The Kier molecular flexibility index (Phi) is 9.28. The van der Waals surface area contributed by atoms with E-state index < -0.39 is 0 Å². The molecule has 0 aromatic heterocycles. The van der Waals surface area contributed by atoms with Crippen LogP contribution in [0.4, 0.5) is 0 Å². The van der Waals surface area contributed by atoms with Crippen LogP contribution in [-0.4, -0.2) is 6.04 Å². The second kappa shape index (κ2) is 9.78. The topological polar surface area (TPSA) is 26.0 Å². The van der Waals surface area contributed by atoms with Crippen molar-refractivity contribution < 1.29 is 0 Å². The molecule has 0 aliphatic heterocycles. The molecule has 120 valence electrons. The van der Waals surface area contributed by atoms with Gasteiger partial charge in [-0.2, -0.15) is 0 Å². The van der Waals surface area contributed by atoms with Gasteiger partial charge in [-0.15, -0.1) is 13.2 Å². The molecule has 2 N–H and O–H groups in total. The van der Waals surface area contributed by atoms with Gasteiger partial charge in [-0.05, 0) is 56.9 Å². The molecule has 1 heteroatoms. The van der Waals surface area contributed by atoms with E-state index in [4.69, 9.17) is 5.73 Å². The molecule has 1 nitrogen and oxygen atoms in total. The van der Waals surface area contributed by atoms with Gasteiger partial charge in [0.1, 0.15) is 0 Å². The second-order valence-corrected chi connectivity index (χ2v) is 6.57. The molecule has 0 fully saturated rings. The molecule has 0 aliphatic carbocycles. The molecule has 3 atom stereocenters. The van der Waals surface area contributed by atoms with Crippen molar-refractivity contribution >= 4 is 0 Å². The number of hydrogen-bond acceptors (Lipinski definition) is 1. The summed E-state index contributed by atoms with van der Waals surface area (Å²) in [5.74, 6) is 1.36. The maximum atomic E-state index is 6.03. The normalized spacial score (nSPS) is 18.0. The summed E-state index contributed by atoms with van der Waals surface area (Å²) in [4.78, 5) is 0. The molecule has 0 saturated heterocycles. The van der Waals surface area contributed by atoms with E-state index >= 15 is 0 Å². The highest BCUT2D eigenvalue weighted by Gasteiger charge is 2.13. The Morgan fingerprint density at radius 1 is 1.05 bits per heavy atom. The Morgan fingerprint density at radius 2 is 1.62 bits per heavy atom. The Morgan fingerprint density at radius 3 is 2.00 bits per heavy atom. The van der Waals surface area contributed by atoms with Gasteiger partial charge in [0.2, 0.25) is 0 Å². The fourth-order valence-corrected chi connectivity index (χ4v) is 2.21. The molecular weight excluding hydrogens is 254 g/mol. The largest absolute Gasteiger partial charge is 0.327 e. The molecule has 0 heterocycles. The molecule has 0 aromatic rings. The van der Waals surface area contributed by atoms with Gasteiger partial charge in [0.15, 0.2) is 0 Å². The van der Waals surface area contributed by atoms with Crippen molar-refractivity contribution in [1.29, 1.82) is 0 Å². The van der Waals surface area contributed by atoms with Crippen molar-refractivity contribution in [3.05, 3.63) is 48.1 Å². The molecule has 3 unspecified atom stereocenters. The molecule has 0 rings (SSSR count). The maximum absolute atomic E-state index is 6.03. The van der Waals surface area contributed by atoms with E-state index in [0.717, 1.165) is 12.8 Å². The van der Waals surface area contributed by atoms with E-state index in [1.54, 1.807) is 0 Å². The Hall–Kier alpha value is -1.08. The third-order valence-electron chi connectivity index (χ3n) is 4.58. The molecule has 0 bridgehead atoms. The minimum atomic E-state index is 0.163. The Balaban J connectivity index is 5.30. The lowest BCUT2D eigenvalue weighted by atomic mass is 9.88. The second-order valence-electron chi connectivity index (χ2n) is 6.57. The first-order valence-corrected chi connectivity index (χ1v) is 8.13. The lowest BCUT2D eigenvalue weighted by molar-refractivity contribution is 0.498. The molecule has 0 amide bonds. The van der Waals surface area contributed by atoms with E-state index in [-0.39, 0.29) is 6.04 Å². The van der Waals surface area contributed by atoms with Gasteiger partial charge in [0.25, 0.3) is 0 Å². The SMILES string of the molecule is C=CC(C)/C(C)=C(/C=C(\C)C(C)C)CCC(C=C)C(C)N. The summed E-state index contributed by atoms with van der Waals surface area (Å²) in [5.41, 5.74) is 10.3. The van der Waals surface area contributed by atoms with Crippen LogP contribution >= 0.6 is 0 Å². The van der Waals surface area contributed by atoms with Crippen LogP contribution in [-0.2, 0) is 0 Å². The summed E-state index contributed by atoms with van der Waals surface area (Å²) in [6, 6.07) is 0.163. The number of rotatable bonds is 9. The summed E-state index contributed by atoms with van der Waals surface area (Å²) in [5, 5.41) is 0. The average Bonchev–Trinajstić information content (AvgIpc) is 2.44. The zero-order valence-electron chi connectivity index (χ0n) is 14.9. The molecule has 0 radical (unpaired) electrons. The van der Waals surface area contributed by atoms with Crippen molar-refractivity contribution in [1.82, 2.24) is 0 Å². The standard InChI is InChI=1S/C20H35N/c1-9-15(5)17(7)20(13-16(6)14(3)4)12-11-19(10-2)18(8)21/h9-10,13-15,18-19H,1-2,11-12,21H2,3-8H3/b16-13+,20-17+. The summed E-state index contributed by atoms with van der Waals surface area (Å²) in [7, 11) is 0. The van der Waals surface area contributed by atoms with Crippen LogP contribution in [0.1, 0.15) is 54.4 Å². The zero-order valence-corrected chi connectivity index (χ0v) is 14.9. The first-order chi connectivity index (χ1) is 9.74. The third-order valence-corrected chi connectivity index (χ3v) is 4.58. The first-order valence-electron chi connectivity index (χ1n) is 8.13. The highest BCUT2D eigenvalue weighted by Crippen LogP contribution is 2.26. The van der Waals surface area contributed by atoms with Crippen LogP contribution in [0.2, 0.25) is 0 Å².